The van der Waals surface area contributed by atoms with Gasteiger partial charge in [0.25, 0.3) is 11.8 Å². The molecule has 2 aromatic carbocycles. The van der Waals surface area contributed by atoms with Crippen molar-refractivity contribution in [2.24, 2.45) is 0 Å². The smallest absolute Gasteiger partial charge is 0.251 e. The molecular formula is C23H29N3O3. The molecule has 0 aliphatic heterocycles. The zero-order valence-electron chi connectivity index (χ0n) is 17.6. The predicted octanol–water partition coefficient (Wildman–Crippen LogP) is 2.78. The second kappa shape index (κ2) is 9.37. The summed E-state index contributed by atoms with van der Waals surface area (Å²) in [6.45, 7) is 8.23. The Hall–Kier alpha value is -3.15. The molecule has 2 aromatic rings. The van der Waals surface area contributed by atoms with Crippen molar-refractivity contribution < 1.29 is 14.4 Å². The summed E-state index contributed by atoms with van der Waals surface area (Å²) in [5.41, 5.74) is 2.99. The molecule has 0 aliphatic rings. The molecule has 3 amide bonds. The van der Waals surface area contributed by atoms with Crippen molar-refractivity contribution in [2.45, 2.75) is 45.7 Å². The first-order valence-corrected chi connectivity index (χ1v) is 9.62. The van der Waals surface area contributed by atoms with E-state index in [2.05, 4.69) is 36.7 Å². The Morgan fingerprint density at radius 1 is 0.931 bits per heavy atom. The molecule has 6 heteroatoms. The summed E-state index contributed by atoms with van der Waals surface area (Å²) in [5.74, 6) is -0.777. The largest absolute Gasteiger partial charge is 0.355 e. The van der Waals surface area contributed by atoms with Gasteiger partial charge in [0.1, 0.15) is 6.04 Å². The molecule has 29 heavy (non-hydrogen) atoms. The molecule has 154 valence electrons. The number of benzene rings is 2. The average molecular weight is 396 g/mol. The fraction of sp³-hybridized carbons (Fsp3) is 0.348. The van der Waals surface area contributed by atoms with Gasteiger partial charge in [-0.25, -0.2) is 0 Å². The van der Waals surface area contributed by atoms with E-state index in [-0.39, 0.29) is 29.7 Å². The highest BCUT2D eigenvalue weighted by atomic mass is 16.2. The summed E-state index contributed by atoms with van der Waals surface area (Å²) >= 11 is 0. The summed E-state index contributed by atoms with van der Waals surface area (Å²) in [7, 11) is 1.57. The molecule has 0 heterocycles. The second-order valence-electron chi connectivity index (χ2n) is 8.02. The normalized spacial score (nSPS) is 12.0. The molecule has 1 unspecified atom stereocenters. The van der Waals surface area contributed by atoms with Gasteiger partial charge in [0.05, 0.1) is 0 Å². The van der Waals surface area contributed by atoms with Crippen LogP contribution in [-0.2, 0) is 16.8 Å². The molecule has 1 atom stereocenters. The van der Waals surface area contributed by atoms with Crippen LogP contribution in [0.1, 0.15) is 59.5 Å². The minimum atomic E-state index is -0.688. The highest BCUT2D eigenvalue weighted by molar-refractivity contribution is 5.97. The molecule has 0 saturated carbocycles. The van der Waals surface area contributed by atoms with Gasteiger partial charge in [0, 0.05) is 24.7 Å². The fourth-order valence-electron chi connectivity index (χ4n) is 2.78. The molecule has 0 fully saturated rings. The van der Waals surface area contributed by atoms with Crippen LogP contribution in [0.15, 0.2) is 48.5 Å². The quantitative estimate of drug-likeness (QED) is 0.703. The molecule has 0 aromatic heterocycles. The van der Waals surface area contributed by atoms with Gasteiger partial charge in [0.2, 0.25) is 5.91 Å². The zero-order valence-corrected chi connectivity index (χ0v) is 17.6. The van der Waals surface area contributed by atoms with Gasteiger partial charge in [0.15, 0.2) is 0 Å². The first-order chi connectivity index (χ1) is 13.6. The van der Waals surface area contributed by atoms with Gasteiger partial charge < -0.3 is 16.0 Å². The van der Waals surface area contributed by atoms with Crippen LogP contribution >= 0.6 is 0 Å². The number of hydrogen-bond donors (Lipinski definition) is 3. The van der Waals surface area contributed by atoms with Crippen molar-refractivity contribution in [3.8, 4) is 0 Å². The van der Waals surface area contributed by atoms with E-state index in [9.17, 15) is 14.4 Å². The number of nitrogens with one attached hydrogen (secondary N) is 3. The maximum Gasteiger partial charge on any atom is 0.251 e. The summed E-state index contributed by atoms with van der Waals surface area (Å²) in [6.07, 6.45) is 0. The van der Waals surface area contributed by atoms with E-state index >= 15 is 0 Å². The Kier molecular flexibility index (Phi) is 7.15. The van der Waals surface area contributed by atoms with E-state index in [0.717, 1.165) is 11.1 Å². The Morgan fingerprint density at radius 2 is 1.59 bits per heavy atom. The number of carbonyl (C=O) groups excluding carboxylic acids is 3. The minimum Gasteiger partial charge on any atom is -0.355 e. The molecular weight excluding hydrogens is 366 g/mol. The Morgan fingerprint density at radius 3 is 2.17 bits per heavy atom. The SMILES string of the molecule is CNC(=O)c1cccc(CNC(=O)C(C)NC(=O)c2ccc(C(C)(C)C)cc2)c1. The van der Waals surface area contributed by atoms with Crippen LogP contribution in [-0.4, -0.2) is 30.8 Å². The van der Waals surface area contributed by atoms with Gasteiger partial charge >= 0.3 is 0 Å². The monoisotopic (exact) mass is 395 g/mol. The van der Waals surface area contributed by atoms with Crippen LogP contribution in [0.2, 0.25) is 0 Å². The number of hydrogen-bond acceptors (Lipinski definition) is 3. The third-order valence-corrected chi connectivity index (χ3v) is 4.64. The molecule has 0 spiro atoms. The van der Waals surface area contributed by atoms with Gasteiger partial charge in [-0.15, -0.1) is 0 Å². The van der Waals surface area contributed by atoms with Gasteiger partial charge in [-0.3, -0.25) is 14.4 Å². The molecule has 6 nitrogen and oxygen atoms in total. The van der Waals surface area contributed by atoms with Crippen LogP contribution in [0.3, 0.4) is 0 Å². The molecule has 0 aliphatic carbocycles. The Labute approximate surface area is 172 Å². The number of amides is 3. The van der Waals surface area contributed by atoms with E-state index in [0.29, 0.717) is 11.1 Å². The average Bonchev–Trinajstić information content (AvgIpc) is 2.70. The van der Waals surface area contributed by atoms with Crippen LogP contribution in [0.4, 0.5) is 0 Å². The minimum absolute atomic E-state index is 0.0112. The molecule has 3 N–H and O–H groups in total. The van der Waals surface area contributed by atoms with Crippen molar-refractivity contribution in [3.05, 3.63) is 70.8 Å². The molecule has 2 rings (SSSR count). The van der Waals surface area contributed by atoms with E-state index in [1.807, 2.05) is 18.2 Å². The lowest BCUT2D eigenvalue weighted by molar-refractivity contribution is -0.122. The molecule has 0 bridgehead atoms. The molecule has 0 saturated heterocycles. The maximum atomic E-state index is 12.4. The van der Waals surface area contributed by atoms with Crippen LogP contribution in [0.5, 0.6) is 0 Å². The summed E-state index contributed by atoms with van der Waals surface area (Å²) in [4.78, 5) is 36.4. The van der Waals surface area contributed by atoms with Crippen LogP contribution in [0, 0.1) is 0 Å². The standard InChI is InChI=1S/C23H29N3O3/c1-15(26-22(29)17-9-11-19(12-10-17)23(2,3)4)20(27)25-14-16-7-6-8-18(13-16)21(28)24-5/h6-13,15H,14H2,1-5H3,(H,24,28)(H,25,27)(H,26,29). The van der Waals surface area contributed by atoms with E-state index < -0.39 is 6.04 Å². The lowest BCUT2D eigenvalue weighted by Gasteiger charge is -2.19. The summed E-state index contributed by atoms with van der Waals surface area (Å²) < 4.78 is 0. The first kappa shape index (κ1) is 22.1. The Balaban J connectivity index is 1.92. The molecule has 0 radical (unpaired) electrons. The Bertz CT molecular complexity index is 883. The highest BCUT2D eigenvalue weighted by Crippen LogP contribution is 2.22. The van der Waals surface area contributed by atoms with Crippen molar-refractivity contribution >= 4 is 17.7 Å². The topological polar surface area (TPSA) is 87.3 Å². The maximum absolute atomic E-state index is 12.4. The first-order valence-electron chi connectivity index (χ1n) is 9.62. The lowest BCUT2D eigenvalue weighted by Crippen LogP contribution is -2.44. The van der Waals surface area contributed by atoms with Crippen molar-refractivity contribution in [3.63, 3.8) is 0 Å². The van der Waals surface area contributed by atoms with Crippen molar-refractivity contribution in [1.29, 1.82) is 0 Å². The predicted molar refractivity (Wildman–Crippen MR) is 114 cm³/mol. The fourth-order valence-corrected chi connectivity index (χ4v) is 2.78. The lowest BCUT2D eigenvalue weighted by atomic mass is 9.86. The number of rotatable bonds is 6. The summed E-state index contributed by atoms with van der Waals surface area (Å²) in [5, 5.41) is 8.06. The van der Waals surface area contributed by atoms with Gasteiger partial charge in [-0.1, -0.05) is 45.0 Å². The summed E-state index contributed by atoms with van der Waals surface area (Å²) in [6, 6.07) is 13.7. The second-order valence-corrected chi connectivity index (χ2v) is 8.02. The third kappa shape index (κ3) is 6.17. The number of carbonyl (C=O) groups is 3. The van der Waals surface area contributed by atoms with E-state index in [4.69, 9.17) is 0 Å². The van der Waals surface area contributed by atoms with Crippen molar-refractivity contribution in [2.75, 3.05) is 7.05 Å². The van der Waals surface area contributed by atoms with Gasteiger partial charge in [-0.2, -0.15) is 0 Å². The van der Waals surface area contributed by atoms with Crippen LogP contribution in [0.25, 0.3) is 0 Å². The zero-order chi connectivity index (χ0) is 21.6. The third-order valence-electron chi connectivity index (χ3n) is 4.64. The highest BCUT2D eigenvalue weighted by Gasteiger charge is 2.18. The van der Waals surface area contributed by atoms with Crippen molar-refractivity contribution in [1.82, 2.24) is 16.0 Å². The van der Waals surface area contributed by atoms with Gasteiger partial charge in [-0.05, 0) is 47.7 Å². The van der Waals surface area contributed by atoms with Crippen LogP contribution < -0.4 is 16.0 Å². The van der Waals surface area contributed by atoms with E-state index in [1.165, 1.54) is 0 Å². The van der Waals surface area contributed by atoms with E-state index in [1.54, 1.807) is 44.3 Å².